The summed E-state index contributed by atoms with van der Waals surface area (Å²) < 4.78 is 4.62. The highest BCUT2D eigenvalue weighted by Crippen LogP contribution is 2.16. The molecule has 0 aliphatic heterocycles. The zero-order valence-electron chi connectivity index (χ0n) is 10.5. The van der Waals surface area contributed by atoms with Crippen LogP contribution in [-0.2, 0) is 4.74 Å². The van der Waals surface area contributed by atoms with Gasteiger partial charge in [-0.15, -0.1) is 0 Å². The molecule has 0 bridgehead atoms. The van der Waals surface area contributed by atoms with Gasteiger partial charge in [-0.2, -0.15) is 0 Å². The lowest BCUT2D eigenvalue weighted by Gasteiger charge is -2.22. The Balaban J connectivity index is 2.60. The second-order valence-electron chi connectivity index (χ2n) is 4.74. The summed E-state index contributed by atoms with van der Waals surface area (Å²) in [7, 11) is 1.36. The molecule has 1 aromatic carbocycles. The third kappa shape index (κ3) is 4.07. The maximum atomic E-state index is 11.2. The number of esters is 1. The Morgan fingerprint density at radius 2 is 1.94 bits per heavy atom. The van der Waals surface area contributed by atoms with Crippen molar-refractivity contribution in [3.63, 3.8) is 0 Å². The van der Waals surface area contributed by atoms with E-state index in [0.717, 1.165) is 5.69 Å². The maximum absolute atomic E-state index is 11.2. The van der Waals surface area contributed by atoms with Crippen molar-refractivity contribution in [2.24, 2.45) is 5.41 Å². The number of nitrogens with one attached hydrogen (secondary N) is 1. The second kappa shape index (κ2) is 5.68. The van der Waals surface area contributed by atoms with Gasteiger partial charge in [0.1, 0.15) is 0 Å². The molecular weight excluding hydrogens is 218 g/mol. The van der Waals surface area contributed by atoms with Crippen LogP contribution in [0.2, 0.25) is 0 Å². The number of ether oxygens (including phenoxy) is 1. The topological polar surface area (TPSA) is 58.6 Å². The van der Waals surface area contributed by atoms with Gasteiger partial charge >= 0.3 is 5.97 Å². The summed E-state index contributed by atoms with van der Waals surface area (Å²) in [5, 5.41) is 12.3. The van der Waals surface area contributed by atoms with Crippen LogP contribution in [0.1, 0.15) is 24.2 Å². The molecule has 0 heterocycles. The molecule has 0 aliphatic rings. The fraction of sp³-hybridized carbons (Fsp3) is 0.462. The Kier molecular flexibility index (Phi) is 4.52. The van der Waals surface area contributed by atoms with Crippen LogP contribution in [0.25, 0.3) is 0 Å². The van der Waals surface area contributed by atoms with Crippen molar-refractivity contribution in [1.29, 1.82) is 0 Å². The quantitative estimate of drug-likeness (QED) is 0.768. The summed E-state index contributed by atoms with van der Waals surface area (Å²) in [4.78, 5) is 11.2. The van der Waals surface area contributed by atoms with Crippen LogP contribution in [0.5, 0.6) is 0 Å². The summed E-state index contributed by atoms with van der Waals surface area (Å²) in [6.07, 6.45) is 0. The van der Waals surface area contributed by atoms with E-state index >= 15 is 0 Å². The second-order valence-corrected chi connectivity index (χ2v) is 4.74. The van der Waals surface area contributed by atoms with E-state index in [9.17, 15) is 4.79 Å². The van der Waals surface area contributed by atoms with E-state index in [1.165, 1.54) is 7.11 Å². The van der Waals surface area contributed by atoms with Gasteiger partial charge in [0.05, 0.1) is 12.7 Å². The summed E-state index contributed by atoms with van der Waals surface area (Å²) in [5.41, 5.74) is 1.28. The van der Waals surface area contributed by atoms with Gasteiger partial charge in [0.2, 0.25) is 0 Å². The number of carbonyl (C=O) groups excluding carboxylic acids is 1. The minimum absolute atomic E-state index is 0.125. The minimum Gasteiger partial charge on any atom is -0.465 e. The van der Waals surface area contributed by atoms with Crippen molar-refractivity contribution in [3.8, 4) is 0 Å². The standard InChI is InChI=1S/C13H19NO3/c1-13(2,9-15)8-14-11-6-4-10(5-7-11)12(16)17-3/h4-7,14-15H,8-9H2,1-3H3. The molecule has 0 radical (unpaired) electrons. The van der Waals surface area contributed by atoms with Gasteiger partial charge in [0, 0.05) is 24.3 Å². The van der Waals surface area contributed by atoms with Crippen LogP contribution in [0, 0.1) is 5.41 Å². The molecule has 4 nitrogen and oxygen atoms in total. The van der Waals surface area contributed by atoms with E-state index in [1.807, 2.05) is 26.0 Å². The highest BCUT2D eigenvalue weighted by atomic mass is 16.5. The smallest absolute Gasteiger partial charge is 0.337 e. The first-order valence-corrected chi connectivity index (χ1v) is 5.51. The van der Waals surface area contributed by atoms with Gasteiger partial charge in [0.25, 0.3) is 0 Å². The van der Waals surface area contributed by atoms with Crippen molar-refractivity contribution in [3.05, 3.63) is 29.8 Å². The Morgan fingerprint density at radius 1 is 1.35 bits per heavy atom. The normalized spacial score (nSPS) is 11.1. The van der Waals surface area contributed by atoms with E-state index in [-0.39, 0.29) is 18.0 Å². The number of methoxy groups -OCH3 is 1. The SMILES string of the molecule is COC(=O)c1ccc(NCC(C)(C)CO)cc1. The van der Waals surface area contributed by atoms with Crippen LogP contribution in [0.3, 0.4) is 0 Å². The molecule has 0 aromatic heterocycles. The third-order valence-corrected chi connectivity index (χ3v) is 2.51. The largest absolute Gasteiger partial charge is 0.465 e. The molecule has 0 unspecified atom stereocenters. The summed E-state index contributed by atoms with van der Waals surface area (Å²) >= 11 is 0. The Bertz CT molecular complexity index is 371. The zero-order valence-corrected chi connectivity index (χ0v) is 10.5. The van der Waals surface area contributed by atoms with Crippen molar-refractivity contribution in [2.75, 3.05) is 25.6 Å². The molecule has 17 heavy (non-hydrogen) atoms. The molecule has 0 fully saturated rings. The summed E-state index contributed by atoms with van der Waals surface area (Å²) in [6.45, 7) is 4.74. The molecule has 4 heteroatoms. The molecule has 2 N–H and O–H groups in total. The number of hydrogen-bond acceptors (Lipinski definition) is 4. The van der Waals surface area contributed by atoms with Gasteiger partial charge in [-0.05, 0) is 24.3 Å². The molecule has 0 spiro atoms. The van der Waals surface area contributed by atoms with E-state index in [1.54, 1.807) is 12.1 Å². The summed E-state index contributed by atoms with van der Waals surface area (Å²) in [5.74, 6) is -0.341. The average Bonchev–Trinajstić information content (AvgIpc) is 2.36. The van der Waals surface area contributed by atoms with E-state index in [0.29, 0.717) is 12.1 Å². The molecular formula is C13H19NO3. The van der Waals surface area contributed by atoms with E-state index < -0.39 is 0 Å². The van der Waals surface area contributed by atoms with Crippen molar-refractivity contribution >= 4 is 11.7 Å². The predicted octanol–water partition coefficient (Wildman–Crippen LogP) is 1.90. The van der Waals surface area contributed by atoms with Crippen LogP contribution in [0.4, 0.5) is 5.69 Å². The minimum atomic E-state index is -0.341. The molecule has 1 aromatic rings. The van der Waals surface area contributed by atoms with Gasteiger partial charge in [-0.3, -0.25) is 0 Å². The maximum Gasteiger partial charge on any atom is 0.337 e. The van der Waals surface area contributed by atoms with Gasteiger partial charge < -0.3 is 15.2 Å². The van der Waals surface area contributed by atoms with Crippen LogP contribution in [-0.4, -0.2) is 31.3 Å². The van der Waals surface area contributed by atoms with Crippen LogP contribution < -0.4 is 5.32 Å². The first kappa shape index (κ1) is 13.5. The summed E-state index contributed by atoms with van der Waals surface area (Å²) in [6, 6.07) is 7.06. The Morgan fingerprint density at radius 3 is 2.41 bits per heavy atom. The lowest BCUT2D eigenvalue weighted by molar-refractivity contribution is 0.0601. The lowest BCUT2D eigenvalue weighted by Crippen LogP contribution is -2.26. The first-order valence-electron chi connectivity index (χ1n) is 5.51. The third-order valence-electron chi connectivity index (χ3n) is 2.51. The van der Waals surface area contributed by atoms with E-state index in [2.05, 4.69) is 10.1 Å². The van der Waals surface area contributed by atoms with Crippen molar-refractivity contribution in [2.45, 2.75) is 13.8 Å². The fourth-order valence-electron chi connectivity index (χ4n) is 1.24. The number of aliphatic hydroxyl groups is 1. The molecule has 0 aliphatic carbocycles. The Hall–Kier alpha value is -1.55. The number of anilines is 1. The lowest BCUT2D eigenvalue weighted by atomic mass is 9.95. The number of aliphatic hydroxyl groups excluding tert-OH is 1. The van der Waals surface area contributed by atoms with Crippen molar-refractivity contribution in [1.82, 2.24) is 0 Å². The first-order chi connectivity index (χ1) is 7.98. The monoisotopic (exact) mass is 237 g/mol. The number of benzene rings is 1. The van der Waals surface area contributed by atoms with E-state index in [4.69, 9.17) is 5.11 Å². The highest BCUT2D eigenvalue weighted by molar-refractivity contribution is 5.89. The van der Waals surface area contributed by atoms with Gasteiger partial charge in [0.15, 0.2) is 0 Å². The number of hydrogen-bond donors (Lipinski definition) is 2. The number of carbonyl (C=O) groups is 1. The van der Waals surface area contributed by atoms with Gasteiger partial charge in [-0.1, -0.05) is 13.8 Å². The number of rotatable bonds is 5. The zero-order chi connectivity index (χ0) is 12.9. The molecule has 0 amide bonds. The average molecular weight is 237 g/mol. The molecule has 94 valence electrons. The predicted molar refractivity (Wildman–Crippen MR) is 67.1 cm³/mol. The fourth-order valence-corrected chi connectivity index (χ4v) is 1.24. The van der Waals surface area contributed by atoms with Gasteiger partial charge in [-0.25, -0.2) is 4.79 Å². The highest BCUT2D eigenvalue weighted by Gasteiger charge is 2.15. The Labute approximate surface area is 102 Å². The molecule has 0 saturated heterocycles. The van der Waals surface area contributed by atoms with Crippen LogP contribution >= 0.6 is 0 Å². The molecule has 0 atom stereocenters. The van der Waals surface area contributed by atoms with Crippen LogP contribution in [0.15, 0.2) is 24.3 Å². The molecule has 1 rings (SSSR count). The van der Waals surface area contributed by atoms with Crippen molar-refractivity contribution < 1.29 is 14.6 Å². The molecule has 0 saturated carbocycles.